The Balaban J connectivity index is 2.02. The van der Waals surface area contributed by atoms with Crippen LogP contribution in [0.25, 0.3) is 22.5 Å². The van der Waals surface area contributed by atoms with Crippen LogP contribution in [0.3, 0.4) is 0 Å². The first kappa shape index (κ1) is 12.5. The lowest BCUT2D eigenvalue weighted by Crippen LogP contribution is -1.79. The molecule has 2 aromatic carbocycles. The lowest BCUT2D eigenvalue weighted by atomic mass is 10.0. The number of hydrogen-bond acceptors (Lipinski definition) is 2. The second-order valence-electron chi connectivity index (χ2n) is 4.07. The first-order valence-corrected chi connectivity index (χ1v) is 6.87. The zero-order chi connectivity index (χ0) is 13.2. The van der Waals surface area contributed by atoms with Gasteiger partial charge in [-0.2, -0.15) is 0 Å². The standard InChI is InChI=1S/C15H9BrClNO/c16-13-6-4-10(5-7-13)11-2-1-3-12(8-11)14-9-18-15(17)19-14/h1-9H. The Morgan fingerprint density at radius 2 is 1.68 bits per heavy atom. The third kappa shape index (κ3) is 2.72. The van der Waals surface area contributed by atoms with E-state index < -0.39 is 0 Å². The van der Waals surface area contributed by atoms with Crippen LogP contribution >= 0.6 is 27.5 Å². The van der Waals surface area contributed by atoms with Gasteiger partial charge in [0.2, 0.25) is 0 Å². The van der Waals surface area contributed by atoms with Crippen LogP contribution in [-0.2, 0) is 0 Å². The van der Waals surface area contributed by atoms with Gasteiger partial charge in [0.05, 0.1) is 6.20 Å². The molecule has 0 unspecified atom stereocenters. The molecule has 0 saturated carbocycles. The Morgan fingerprint density at radius 1 is 0.947 bits per heavy atom. The maximum atomic E-state index is 5.70. The minimum absolute atomic E-state index is 0.157. The van der Waals surface area contributed by atoms with Crippen molar-refractivity contribution < 1.29 is 4.42 Å². The molecule has 3 aromatic rings. The highest BCUT2D eigenvalue weighted by atomic mass is 79.9. The molecule has 0 fully saturated rings. The van der Waals surface area contributed by atoms with Gasteiger partial charge in [-0.25, -0.2) is 4.98 Å². The van der Waals surface area contributed by atoms with E-state index in [4.69, 9.17) is 16.0 Å². The van der Waals surface area contributed by atoms with Gasteiger partial charge in [-0.3, -0.25) is 0 Å². The molecule has 19 heavy (non-hydrogen) atoms. The van der Waals surface area contributed by atoms with E-state index in [1.807, 2.05) is 24.3 Å². The van der Waals surface area contributed by atoms with Crippen molar-refractivity contribution in [2.24, 2.45) is 0 Å². The molecule has 0 aliphatic heterocycles. The summed E-state index contributed by atoms with van der Waals surface area (Å²) >= 11 is 9.14. The highest BCUT2D eigenvalue weighted by Crippen LogP contribution is 2.28. The van der Waals surface area contributed by atoms with E-state index in [-0.39, 0.29) is 5.35 Å². The SMILES string of the molecule is Clc1ncc(-c2cccc(-c3ccc(Br)cc3)c2)o1. The van der Waals surface area contributed by atoms with E-state index in [0.29, 0.717) is 5.76 Å². The number of oxazole rings is 1. The summed E-state index contributed by atoms with van der Waals surface area (Å²) in [5, 5.41) is 0.157. The monoisotopic (exact) mass is 333 g/mol. The minimum Gasteiger partial charge on any atom is -0.428 e. The quantitative estimate of drug-likeness (QED) is 0.625. The molecule has 0 aliphatic rings. The maximum Gasteiger partial charge on any atom is 0.292 e. The predicted octanol–water partition coefficient (Wildman–Crippen LogP) is 5.42. The summed E-state index contributed by atoms with van der Waals surface area (Å²) in [4.78, 5) is 3.90. The number of nitrogens with zero attached hydrogens (tertiary/aromatic N) is 1. The van der Waals surface area contributed by atoms with Crippen LogP contribution in [-0.4, -0.2) is 4.98 Å². The zero-order valence-corrected chi connectivity index (χ0v) is 12.1. The lowest BCUT2D eigenvalue weighted by molar-refractivity contribution is 0.574. The van der Waals surface area contributed by atoms with Gasteiger partial charge < -0.3 is 4.42 Å². The largest absolute Gasteiger partial charge is 0.428 e. The van der Waals surface area contributed by atoms with Crippen molar-refractivity contribution >= 4 is 27.5 Å². The molecule has 0 amide bonds. The lowest BCUT2D eigenvalue weighted by Gasteiger charge is -2.04. The van der Waals surface area contributed by atoms with Crippen molar-refractivity contribution in [1.82, 2.24) is 4.98 Å². The van der Waals surface area contributed by atoms with Gasteiger partial charge >= 0.3 is 0 Å². The van der Waals surface area contributed by atoms with Gasteiger partial charge in [0.25, 0.3) is 5.35 Å². The van der Waals surface area contributed by atoms with Crippen LogP contribution in [0, 0.1) is 0 Å². The van der Waals surface area contributed by atoms with E-state index in [1.54, 1.807) is 6.20 Å². The fraction of sp³-hybridized carbons (Fsp3) is 0. The highest BCUT2D eigenvalue weighted by Gasteiger charge is 2.06. The Bertz CT molecular complexity index is 706. The van der Waals surface area contributed by atoms with E-state index in [9.17, 15) is 0 Å². The molecule has 2 nitrogen and oxygen atoms in total. The molecule has 0 saturated heterocycles. The molecule has 0 radical (unpaired) electrons. The van der Waals surface area contributed by atoms with Crippen LogP contribution < -0.4 is 0 Å². The number of aromatic nitrogens is 1. The second-order valence-corrected chi connectivity index (χ2v) is 5.30. The first-order chi connectivity index (χ1) is 9.22. The van der Waals surface area contributed by atoms with Crippen molar-refractivity contribution in [1.29, 1.82) is 0 Å². The topological polar surface area (TPSA) is 26.0 Å². The predicted molar refractivity (Wildman–Crippen MR) is 80.1 cm³/mol. The molecular formula is C15H9BrClNO. The molecule has 4 heteroatoms. The Hall–Kier alpha value is -1.58. The van der Waals surface area contributed by atoms with Crippen LogP contribution in [0.2, 0.25) is 5.35 Å². The summed E-state index contributed by atoms with van der Waals surface area (Å²) in [5.74, 6) is 0.670. The van der Waals surface area contributed by atoms with E-state index in [2.05, 4.69) is 45.2 Å². The molecule has 0 bridgehead atoms. The molecule has 94 valence electrons. The maximum absolute atomic E-state index is 5.70. The summed E-state index contributed by atoms with van der Waals surface area (Å²) in [6.45, 7) is 0. The van der Waals surface area contributed by atoms with Crippen molar-refractivity contribution in [3.63, 3.8) is 0 Å². The van der Waals surface area contributed by atoms with E-state index >= 15 is 0 Å². The second kappa shape index (κ2) is 5.19. The van der Waals surface area contributed by atoms with Gasteiger partial charge in [0, 0.05) is 10.0 Å². The average Bonchev–Trinajstić information content (AvgIpc) is 2.86. The van der Waals surface area contributed by atoms with Gasteiger partial charge in [-0.1, -0.05) is 46.3 Å². The molecule has 1 aromatic heterocycles. The van der Waals surface area contributed by atoms with Crippen LogP contribution in [0.1, 0.15) is 0 Å². The Morgan fingerprint density at radius 3 is 2.37 bits per heavy atom. The molecule has 0 atom stereocenters. The number of rotatable bonds is 2. The summed E-state index contributed by atoms with van der Waals surface area (Å²) in [6, 6.07) is 16.3. The van der Waals surface area contributed by atoms with Gasteiger partial charge in [-0.15, -0.1) is 0 Å². The van der Waals surface area contributed by atoms with E-state index in [1.165, 1.54) is 0 Å². The molecule has 0 N–H and O–H groups in total. The fourth-order valence-electron chi connectivity index (χ4n) is 1.88. The van der Waals surface area contributed by atoms with Gasteiger partial charge in [0.15, 0.2) is 5.76 Å². The highest BCUT2D eigenvalue weighted by molar-refractivity contribution is 9.10. The van der Waals surface area contributed by atoms with Crippen LogP contribution in [0.5, 0.6) is 0 Å². The number of benzene rings is 2. The Kier molecular flexibility index (Phi) is 3.40. The third-order valence-corrected chi connectivity index (χ3v) is 3.51. The summed E-state index contributed by atoms with van der Waals surface area (Å²) in [5.41, 5.74) is 3.23. The Labute approximate surface area is 124 Å². The number of halogens is 2. The minimum atomic E-state index is 0.157. The number of hydrogen-bond donors (Lipinski definition) is 0. The molecule has 0 aliphatic carbocycles. The van der Waals surface area contributed by atoms with Crippen molar-refractivity contribution in [2.45, 2.75) is 0 Å². The van der Waals surface area contributed by atoms with Crippen molar-refractivity contribution in [3.05, 3.63) is 64.6 Å². The normalized spacial score (nSPS) is 10.6. The van der Waals surface area contributed by atoms with Crippen LogP contribution in [0.15, 0.2) is 63.6 Å². The zero-order valence-electron chi connectivity index (χ0n) is 9.81. The molecule has 1 heterocycles. The average molecular weight is 335 g/mol. The van der Waals surface area contributed by atoms with Gasteiger partial charge in [-0.05, 0) is 40.9 Å². The summed E-state index contributed by atoms with van der Waals surface area (Å²) in [6.07, 6.45) is 1.63. The fourth-order valence-corrected chi connectivity index (χ4v) is 2.28. The van der Waals surface area contributed by atoms with E-state index in [0.717, 1.165) is 21.2 Å². The third-order valence-electron chi connectivity index (χ3n) is 2.80. The van der Waals surface area contributed by atoms with Crippen molar-refractivity contribution in [2.75, 3.05) is 0 Å². The molecular weight excluding hydrogens is 326 g/mol. The van der Waals surface area contributed by atoms with Crippen LogP contribution in [0.4, 0.5) is 0 Å². The summed E-state index contributed by atoms with van der Waals surface area (Å²) < 4.78 is 6.39. The summed E-state index contributed by atoms with van der Waals surface area (Å²) in [7, 11) is 0. The smallest absolute Gasteiger partial charge is 0.292 e. The van der Waals surface area contributed by atoms with Gasteiger partial charge in [0.1, 0.15) is 0 Å². The molecule has 3 rings (SSSR count). The molecule has 0 spiro atoms. The van der Waals surface area contributed by atoms with Crippen molar-refractivity contribution in [3.8, 4) is 22.5 Å². The first-order valence-electron chi connectivity index (χ1n) is 5.70.